The van der Waals surface area contributed by atoms with Crippen molar-refractivity contribution in [3.63, 3.8) is 0 Å². The van der Waals surface area contributed by atoms with Gasteiger partial charge >= 0.3 is 5.97 Å². The average Bonchev–Trinajstić information content (AvgIpc) is 2.25. The van der Waals surface area contributed by atoms with E-state index in [9.17, 15) is 14.0 Å². The molecule has 0 spiro atoms. The summed E-state index contributed by atoms with van der Waals surface area (Å²) in [5.74, 6) is -1.19. The number of halogens is 1. The topological polar surface area (TPSA) is 55.4 Å². The monoisotopic (exact) mass is 253 g/mol. The summed E-state index contributed by atoms with van der Waals surface area (Å²) in [6.45, 7) is 3.48. The summed E-state index contributed by atoms with van der Waals surface area (Å²) < 4.78 is 17.7. The Morgan fingerprint density at radius 3 is 2.67 bits per heavy atom. The van der Waals surface area contributed by atoms with Gasteiger partial charge in [-0.2, -0.15) is 0 Å². The van der Waals surface area contributed by atoms with E-state index >= 15 is 0 Å². The molecule has 0 unspecified atom stereocenters. The zero-order chi connectivity index (χ0) is 13.5. The smallest absolute Gasteiger partial charge is 0.306 e. The standard InChI is InChI=1S/C13H16FNO3/c1-9(2)18-13(17)7-6-12(16)15-11-5-3-4-10(14)8-11/h3-5,8-9H,6-7H2,1-2H3,(H,15,16). The summed E-state index contributed by atoms with van der Waals surface area (Å²) in [4.78, 5) is 22.7. The number of ether oxygens (including phenoxy) is 1. The first kappa shape index (κ1) is 14.2. The van der Waals surface area contributed by atoms with Gasteiger partial charge < -0.3 is 10.1 Å². The van der Waals surface area contributed by atoms with Crippen molar-refractivity contribution >= 4 is 17.6 Å². The maximum atomic E-state index is 12.8. The Balaban J connectivity index is 2.36. The number of hydrogen-bond acceptors (Lipinski definition) is 3. The highest BCUT2D eigenvalue weighted by molar-refractivity contribution is 5.92. The molecular formula is C13H16FNO3. The number of carbonyl (C=O) groups is 2. The predicted octanol–water partition coefficient (Wildman–Crippen LogP) is 2.50. The first-order chi connectivity index (χ1) is 8.47. The summed E-state index contributed by atoms with van der Waals surface area (Å²) in [6.07, 6.45) is -0.162. The zero-order valence-corrected chi connectivity index (χ0v) is 10.4. The normalized spacial score (nSPS) is 10.2. The molecule has 0 heterocycles. The van der Waals surface area contributed by atoms with Gasteiger partial charge in [-0.15, -0.1) is 0 Å². The highest BCUT2D eigenvalue weighted by atomic mass is 19.1. The molecule has 4 nitrogen and oxygen atoms in total. The minimum atomic E-state index is -0.424. The Kier molecular flexibility index (Phi) is 5.30. The fraction of sp³-hybridized carbons (Fsp3) is 0.385. The van der Waals surface area contributed by atoms with E-state index in [4.69, 9.17) is 4.74 Å². The summed E-state index contributed by atoms with van der Waals surface area (Å²) in [5, 5.41) is 2.50. The lowest BCUT2D eigenvalue weighted by Crippen LogP contribution is -2.16. The Hall–Kier alpha value is -1.91. The number of rotatable bonds is 5. The summed E-state index contributed by atoms with van der Waals surface area (Å²) in [6, 6.07) is 5.57. The molecule has 5 heteroatoms. The molecule has 1 amide bonds. The van der Waals surface area contributed by atoms with Gasteiger partial charge in [0.05, 0.1) is 12.5 Å². The number of anilines is 1. The highest BCUT2D eigenvalue weighted by Crippen LogP contribution is 2.10. The largest absolute Gasteiger partial charge is 0.463 e. The van der Waals surface area contributed by atoms with E-state index < -0.39 is 11.8 Å². The lowest BCUT2D eigenvalue weighted by molar-refractivity contribution is -0.148. The zero-order valence-electron chi connectivity index (χ0n) is 10.4. The number of benzene rings is 1. The van der Waals surface area contributed by atoms with Crippen LogP contribution < -0.4 is 5.32 Å². The van der Waals surface area contributed by atoms with Gasteiger partial charge in [-0.3, -0.25) is 9.59 Å². The van der Waals surface area contributed by atoms with Gasteiger partial charge in [-0.05, 0) is 32.0 Å². The van der Waals surface area contributed by atoms with Crippen LogP contribution in [0.5, 0.6) is 0 Å². The molecule has 0 aliphatic heterocycles. The fourth-order valence-corrected chi connectivity index (χ4v) is 1.33. The second kappa shape index (κ2) is 6.74. The van der Waals surface area contributed by atoms with E-state index in [1.165, 1.54) is 18.2 Å². The van der Waals surface area contributed by atoms with Gasteiger partial charge in [0, 0.05) is 12.1 Å². The van der Waals surface area contributed by atoms with Gasteiger partial charge in [0.2, 0.25) is 5.91 Å². The molecule has 0 fully saturated rings. The molecule has 0 bridgehead atoms. The van der Waals surface area contributed by atoms with Crippen molar-refractivity contribution in [2.45, 2.75) is 32.8 Å². The molecular weight excluding hydrogens is 237 g/mol. The molecule has 1 rings (SSSR count). The van der Waals surface area contributed by atoms with Crippen LogP contribution in [0.1, 0.15) is 26.7 Å². The van der Waals surface area contributed by atoms with E-state index in [1.54, 1.807) is 19.9 Å². The van der Waals surface area contributed by atoms with E-state index in [2.05, 4.69) is 5.32 Å². The van der Waals surface area contributed by atoms with E-state index in [0.29, 0.717) is 5.69 Å². The number of hydrogen-bond donors (Lipinski definition) is 1. The molecule has 1 aromatic rings. The molecule has 0 saturated carbocycles. The van der Waals surface area contributed by atoms with Crippen LogP contribution in [0.3, 0.4) is 0 Å². The second-order valence-electron chi connectivity index (χ2n) is 4.10. The Labute approximate surface area is 105 Å². The number of carbonyl (C=O) groups excluding carboxylic acids is 2. The highest BCUT2D eigenvalue weighted by Gasteiger charge is 2.09. The second-order valence-corrected chi connectivity index (χ2v) is 4.10. The molecule has 18 heavy (non-hydrogen) atoms. The van der Waals surface area contributed by atoms with Crippen LogP contribution in [0.2, 0.25) is 0 Å². The van der Waals surface area contributed by atoms with Crippen molar-refractivity contribution in [3.05, 3.63) is 30.1 Å². The van der Waals surface area contributed by atoms with Crippen LogP contribution >= 0.6 is 0 Å². The van der Waals surface area contributed by atoms with Gasteiger partial charge in [0.15, 0.2) is 0 Å². The molecule has 0 aliphatic rings. The van der Waals surface area contributed by atoms with Crippen LogP contribution in [-0.2, 0) is 14.3 Å². The Morgan fingerprint density at radius 1 is 1.33 bits per heavy atom. The molecule has 0 radical (unpaired) electrons. The molecule has 0 saturated heterocycles. The number of amides is 1. The number of nitrogens with one attached hydrogen (secondary N) is 1. The minimum Gasteiger partial charge on any atom is -0.463 e. The summed E-state index contributed by atoms with van der Waals surface area (Å²) in [5.41, 5.74) is 0.372. The van der Waals surface area contributed by atoms with Gasteiger partial charge in [-0.1, -0.05) is 6.07 Å². The van der Waals surface area contributed by atoms with Gasteiger partial charge in [-0.25, -0.2) is 4.39 Å². The average molecular weight is 253 g/mol. The molecule has 1 N–H and O–H groups in total. The van der Waals surface area contributed by atoms with Crippen LogP contribution in [0.15, 0.2) is 24.3 Å². The van der Waals surface area contributed by atoms with E-state index in [0.717, 1.165) is 0 Å². The van der Waals surface area contributed by atoms with Crippen LogP contribution in [0.4, 0.5) is 10.1 Å². The lowest BCUT2D eigenvalue weighted by atomic mass is 10.2. The SMILES string of the molecule is CC(C)OC(=O)CCC(=O)Nc1cccc(F)c1. The summed E-state index contributed by atoms with van der Waals surface area (Å²) in [7, 11) is 0. The van der Waals surface area contributed by atoms with E-state index in [1.807, 2.05) is 0 Å². The quantitative estimate of drug-likeness (QED) is 0.820. The van der Waals surface area contributed by atoms with Crippen molar-refractivity contribution in [2.24, 2.45) is 0 Å². The van der Waals surface area contributed by atoms with Crippen molar-refractivity contribution in [1.82, 2.24) is 0 Å². The molecule has 0 aliphatic carbocycles. The van der Waals surface area contributed by atoms with Crippen LogP contribution in [0.25, 0.3) is 0 Å². The first-order valence-electron chi connectivity index (χ1n) is 5.72. The predicted molar refractivity (Wildman–Crippen MR) is 65.5 cm³/mol. The molecule has 1 aromatic carbocycles. The molecule has 0 aromatic heterocycles. The van der Waals surface area contributed by atoms with Gasteiger partial charge in [0.1, 0.15) is 5.82 Å². The lowest BCUT2D eigenvalue weighted by Gasteiger charge is -2.08. The van der Waals surface area contributed by atoms with Crippen molar-refractivity contribution in [2.75, 3.05) is 5.32 Å². The third kappa shape index (κ3) is 5.43. The Morgan fingerprint density at radius 2 is 2.06 bits per heavy atom. The maximum absolute atomic E-state index is 12.8. The molecule has 0 atom stereocenters. The van der Waals surface area contributed by atoms with Gasteiger partial charge in [0.25, 0.3) is 0 Å². The number of esters is 1. The maximum Gasteiger partial charge on any atom is 0.306 e. The van der Waals surface area contributed by atoms with E-state index in [-0.39, 0.29) is 24.9 Å². The molecule has 98 valence electrons. The van der Waals surface area contributed by atoms with Crippen molar-refractivity contribution in [1.29, 1.82) is 0 Å². The Bertz CT molecular complexity index is 432. The summed E-state index contributed by atoms with van der Waals surface area (Å²) >= 11 is 0. The first-order valence-corrected chi connectivity index (χ1v) is 5.72. The fourth-order valence-electron chi connectivity index (χ4n) is 1.33. The third-order valence-corrected chi connectivity index (χ3v) is 2.03. The minimum absolute atomic E-state index is 0.0132. The van der Waals surface area contributed by atoms with Crippen molar-refractivity contribution < 1.29 is 18.7 Å². The third-order valence-electron chi connectivity index (χ3n) is 2.03. The van der Waals surface area contributed by atoms with Crippen molar-refractivity contribution in [3.8, 4) is 0 Å². The van der Waals surface area contributed by atoms with Crippen LogP contribution in [-0.4, -0.2) is 18.0 Å². The van der Waals surface area contributed by atoms with Crippen LogP contribution in [0, 0.1) is 5.82 Å².